The largest absolute Gasteiger partial charge is 0.471 e. The van der Waals surface area contributed by atoms with Gasteiger partial charge in [0.25, 0.3) is 0 Å². The number of fused-ring (bicyclic) bond motifs is 4. The zero-order valence-electron chi connectivity index (χ0n) is 17.9. The van der Waals surface area contributed by atoms with Gasteiger partial charge in [0.05, 0.1) is 11.7 Å². The van der Waals surface area contributed by atoms with E-state index in [0.717, 1.165) is 31.4 Å². The molecular weight excluding hydrogens is 380 g/mol. The van der Waals surface area contributed by atoms with E-state index in [0.29, 0.717) is 5.92 Å². The molecule has 2 aliphatic heterocycles. The normalized spacial score (nSPS) is 27.1. The first-order valence-electron chi connectivity index (χ1n) is 11.4. The maximum Gasteiger partial charge on any atom is 0.180 e. The third-order valence-corrected chi connectivity index (χ3v) is 7.22. The molecule has 1 aliphatic carbocycles. The molecule has 0 unspecified atom stereocenters. The van der Waals surface area contributed by atoms with Gasteiger partial charge < -0.3 is 10.2 Å². The van der Waals surface area contributed by atoms with Crippen molar-refractivity contribution in [2.24, 2.45) is 0 Å². The second kappa shape index (κ2) is 7.28. The molecule has 31 heavy (non-hydrogen) atoms. The number of benzene rings is 3. The van der Waals surface area contributed by atoms with Crippen LogP contribution in [-0.2, 0) is 0 Å². The number of hydrazine groups is 1. The van der Waals surface area contributed by atoms with E-state index in [1.165, 1.54) is 28.0 Å². The Kier molecular flexibility index (Phi) is 4.39. The van der Waals surface area contributed by atoms with Gasteiger partial charge in [0.1, 0.15) is 5.75 Å². The Morgan fingerprint density at radius 1 is 0.871 bits per heavy atom. The molecule has 0 bridgehead atoms. The third kappa shape index (κ3) is 3.16. The monoisotopic (exact) mass is 408 g/mol. The number of ether oxygens (including phenoxy) is 1. The number of para-hydroxylation sites is 1. The van der Waals surface area contributed by atoms with Crippen LogP contribution in [-0.4, -0.2) is 10.7 Å². The molecule has 3 heteroatoms. The molecule has 6 rings (SSSR count). The Labute approximate surface area is 184 Å². The molecule has 1 saturated carbocycles. The van der Waals surface area contributed by atoms with Gasteiger partial charge in [-0.3, -0.25) is 0 Å². The first kappa shape index (κ1) is 18.7. The van der Waals surface area contributed by atoms with Crippen molar-refractivity contribution >= 4 is 5.70 Å². The van der Waals surface area contributed by atoms with Crippen molar-refractivity contribution in [3.63, 3.8) is 0 Å². The van der Waals surface area contributed by atoms with E-state index in [2.05, 4.69) is 102 Å². The van der Waals surface area contributed by atoms with Crippen molar-refractivity contribution in [2.75, 3.05) is 0 Å². The van der Waals surface area contributed by atoms with Gasteiger partial charge in [0.15, 0.2) is 5.72 Å². The summed E-state index contributed by atoms with van der Waals surface area (Å²) in [6.07, 6.45) is 6.67. The van der Waals surface area contributed by atoms with E-state index in [1.807, 2.05) is 0 Å². The van der Waals surface area contributed by atoms with Crippen molar-refractivity contribution in [3.8, 4) is 5.75 Å². The van der Waals surface area contributed by atoms with E-state index in [1.54, 1.807) is 0 Å². The van der Waals surface area contributed by atoms with Gasteiger partial charge in [-0.15, -0.1) is 0 Å². The van der Waals surface area contributed by atoms with Crippen molar-refractivity contribution in [2.45, 2.75) is 50.3 Å². The molecular formula is C28H28N2O. The van der Waals surface area contributed by atoms with Gasteiger partial charge in [-0.05, 0) is 49.0 Å². The van der Waals surface area contributed by atoms with Gasteiger partial charge in [-0.2, -0.15) is 5.01 Å². The van der Waals surface area contributed by atoms with Crippen LogP contribution in [0.1, 0.15) is 59.9 Å². The van der Waals surface area contributed by atoms with E-state index < -0.39 is 0 Å². The van der Waals surface area contributed by atoms with E-state index >= 15 is 0 Å². The van der Waals surface area contributed by atoms with Crippen molar-refractivity contribution in [1.82, 2.24) is 10.4 Å². The van der Waals surface area contributed by atoms with Crippen LogP contribution in [0.2, 0.25) is 0 Å². The minimum atomic E-state index is -0.312. The minimum absolute atomic E-state index is 0.189. The molecule has 1 fully saturated rings. The molecule has 156 valence electrons. The molecule has 1 atom stereocenters. The SMILES string of the molecule is Cc1ccc(C2=C[C@H]3c4ccccc4OC4(CCC(c5ccccc5)CC4)N3N2)cc1. The second-order valence-electron chi connectivity index (χ2n) is 9.14. The third-order valence-electron chi connectivity index (χ3n) is 7.22. The Morgan fingerprint density at radius 2 is 1.58 bits per heavy atom. The molecule has 0 aromatic heterocycles. The summed E-state index contributed by atoms with van der Waals surface area (Å²) < 4.78 is 6.79. The maximum atomic E-state index is 6.79. The topological polar surface area (TPSA) is 24.5 Å². The summed E-state index contributed by atoms with van der Waals surface area (Å²) in [6.45, 7) is 2.13. The fourth-order valence-corrected chi connectivity index (χ4v) is 5.49. The lowest BCUT2D eigenvalue weighted by Crippen LogP contribution is -2.60. The predicted molar refractivity (Wildman–Crippen MR) is 124 cm³/mol. The standard InChI is InChI=1S/C28H28N2O/c1-20-11-13-23(14-12-20)25-19-26-24-9-5-6-10-27(24)31-28(30(26)29-25)17-15-22(16-18-28)21-7-3-2-4-8-21/h2-14,19,22,26,29H,15-18H2,1H3/t22?,26-,28?/m0/s1. The summed E-state index contributed by atoms with van der Waals surface area (Å²) in [5.74, 6) is 1.64. The Balaban J connectivity index is 1.33. The number of hydrogen-bond acceptors (Lipinski definition) is 3. The highest BCUT2D eigenvalue weighted by atomic mass is 16.5. The molecule has 2 heterocycles. The van der Waals surface area contributed by atoms with Gasteiger partial charge in [0.2, 0.25) is 0 Å². The highest BCUT2D eigenvalue weighted by molar-refractivity contribution is 5.67. The summed E-state index contributed by atoms with van der Waals surface area (Å²) in [6, 6.07) is 28.5. The summed E-state index contributed by atoms with van der Waals surface area (Å²) in [5, 5.41) is 2.39. The van der Waals surface area contributed by atoms with Crippen LogP contribution < -0.4 is 10.2 Å². The smallest absolute Gasteiger partial charge is 0.180 e. The first-order valence-corrected chi connectivity index (χ1v) is 11.4. The molecule has 3 nitrogen and oxygen atoms in total. The van der Waals surface area contributed by atoms with E-state index in [-0.39, 0.29) is 11.8 Å². The van der Waals surface area contributed by atoms with Gasteiger partial charge in [-0.25, -0.2) is 0 Å². The highest BCUT2D eigenvalue weighted by Crippen LogP contribution is 2.51. The minimum Gasteiger partial charge on any atom is -0.471 e. The number of rotatable bonds is 2. The Bertz CT molecular complexity index is 1110. The van der Waals surface area contributed by atoms with E-state index in [4.69, 9.17) is 4.74 Å². The predicted octanol–water partition coefficient (Wildman–Crippen LogP) is 6.34. The molecule has 1 spiro atoms. The number of nitrogens with one attached hydrogen (secondary N) is 1. The lowest BCUT2D eigenvalue weighted by molar-refractivity contribution is -0.152. The Hall–Kier alpha value is -3.04. The molecule has 3 aliphatic rings. The summed E-state index contributed by atoms with van der Waals surface area (Å²) in [5.41, 5.74) is 9.83. The second-order valence-corrected chi connectivity index (χ2v) is 9.14. The molecule has 1 N–H and O–H groups in total. The van der Waals surface area contributed by atoms with Crippen LogP contribution >= 0.6 is 0 Å². The zero-order chi connectivity index (χ0) is 20.8. The van der Waals surface area contributed by atoms with Crippen molar-refractivity contribution < 1.29 is 4.74 Å². The molecule has 0 saturated heterocycles. The van der Waals surface area contributed by atoms with E-state index in [9.17, 15) is 0 Å². The zero-order valence-corrected chi connectivity index (χ0v) is 17.9. The first-order chi connectivity index (χ1) is 15.2. The van der Waals surface area contributed by atoms with Gasteiger partial charge in [-0.1, -0.05) is 78.4 Å². The molecule has 0 radical (unpaired) electrons. The van der Waals surface area contributed by atoms with Crippen LogP contribution in [0, 0.1) is 6.92 Å². The number of aryl methyl sites for hydroxylation is 1. The van der Waals surface area contributed by atoms with Crippen molar-refractivity contribution in [1.29, 1.82) is 0 Å². The average molecular weight is 409 g/mol. The fraction of sp³-hybridized carbons (Fsp3) is 0.286. The molecule has 0 amide bonds. The number of hydrogen-bond donors (Lipinski definition) is 1. The highest BCUT2D eigenvalue weighted by Gasteiger charge is 2.51. The van der Waals surface area contributed by atoms with Gasteiger partial charge in [0, 0.05) is 18.4 Å². The van der Waals surface area contributed by atoms with Crippen LogP contribution in [0.5, 0.6) is 5.75 Å². The van der Waals surface area contributed by atoms with Crippen LogP contribution in [0.3, 0.4) is 0 Å². The Morgan fingerprint density at radius 3 is 2.35 bits per heavy atom. The van der Waals surface area contributed by atoms with Crippen LogP contribution in [0.25, 0.3) is 5.70 Å². The quantitative estimate of drug-likeness (QED) is 0.535. The fourth-order valence-electron chi connectivity index (χ4n) is 5.49. The van der Waals surface area contributed by atoms with Gasteiger partial charge >= 0.3 is 0 Å². The van der Waals surface area contributed by atoms with Crippen LogP contribution in [0.4, 0.5) is 0 Å². The van der Waals surface area contributed by atoms with Crippen molar-refractivity contribution in [3.05, 3.63) is 107 Å². The summed E-state index contributed by atoms with van der Waals surface area (Å²) in [4.78, 5) is 0. The molecule has 3 aromatic carbocycles. The lowest BCUT2D eigenvalue weighted by Gasteiger charge is -2.51. The average Bonchev–Trinajstić information content (AvgIpc) is 3.28. The summed E-state index contributed by atoms with van der Waals surface area (Å²) in [7, 11) is 0. The number of nitrogens with zero attached hydrogens (tertiary/aromatic N) is 1. The summed E-state index contributed by atoms with van der Waals surface area (Å²) >= 11 is 0. The van der Waals surface area contributed by atoms with Crippen LogP contribution in [0.15, 0.2) is 84.9 Å². The molecule has 3 aromatic rings. The maximum absolute atomic E-state index is 6.79. The lowest BCUT2D eigenvalue weighted by atomic mass is 9.78.